The Balaban J connectivity index is 1.86. The second-order valence-electron chi connectivity index (χ2n) is 9.87. The summed E-state index contributed by atoms with van der Waals surface area (Å²) >= 11 is 0.622. The van der Waals surface area contributed by atoms with Gasteiger partial charge in [0.2, 0.25) is 5.91 Å². The van der Waals surface area contributed by atoms with Crippen molar-refractivity contribution in [2.45, 2.75) is 107 Å². The highest BCUT2D eigenvalue weighted by Crippen LogP contribution is 2.42. The lowest BCUT2D eigenvalue weighted by Crippen LogP contribution is -2.66. The van der Waals surface area contributed by atoms with E-state index in [4.69, 9.17) is 10.5 Å². The van der Waals surface area contributed by atoms with Gasteiger partial charge in [-0.2, -0.15) is 0 Å². The van der Waals surface area contributed by atoms with E-state index in [0.29, 0.717) is 18.4 Å². The van der Waals surface area contributed by atoms with Gasteiger partial charge in [-0.25, -0.2) is 4.79 Å². The van der Waals surface area contributed by atoms with Gasteiger partial charge in [-0.1, -0.05) is 32.1 Å². The van der Waals surface area contributed by atoms with Crippen LogP contribution in [0.2, 0.25) is 0 Å². The molecule has 1 aliphatic heterocycles. The standard InChI is InChI=1S/C23H38N4O6S/c1-3-33-22(31)19(23(24,34-26-32)16-10-5-4-6-11-16)25-14(2)20(28)27-17-12-8-7-9-15(17)13-18(27)21(29)30/h14-19,25H,3-13,24H2,1-2H3,(H,29,30). The summed E-state index contributed by atoms with van der Waals surface area (Å²) < 4.78 is 8.27. The molecule has 34 heavy (non-hydrogen) atoms. The third-order valence-corrected chi connectivity index (χ3v) is 8.79. The number of amides is 1. The van der Waals surface area contributed by atoms with Crippen molar-refractivity contribution in [1.82, 2.24) is 10.2 Å². The predicted molar refractivity (Wildman–Crippen MR) is 129 cm³/mol. The van der Waals surface area contributed by atoms with Gasteiger partial charge in [0.1, 0.15) is 17.0 Å². The Kier molecular flexibility index (Phi) is 9.34. The SMILES string of the molecule is CCOC(=O)C(NC(C)C(=O)N1C(C(=O)O)CC2CCCCC21)C(N)(SN=O)C1CCCCC1. The number of ether oxygens (including phenoxy) is 1. The zero-order chi connectivity index (χ0) is 24.9. The fourth-order valence-electron chi connectivity index (χ4n) is 6.13. The van der Waals surface area contributed by atoms with Gasteiger partial charge < -0.3 is 20.5 Å². The van der Waals surface area contributed by atoms with Crippen molar-refractivity contribution in [2.24, 2.45) is 22.2 Å². The Morgan fingerprint density at radius 2 is 1.82 bits per heavy atom. The predicted octanol–water partition coefficient (Wildman–Crippen LogP) is 2.79. The number of nitroso groups, excluding NO2 is 1. The van der Waals surface area contributed by atoms with E-state index in [2.05, 4.69) is 9.90 Å². The molecule has 4 N–H and O–H groups in total. The van der Waals surface area contributed by atoms with Gasteiger partial charge in [0, 0.05) is 22.6 Å². The number of carbonyl (C=O) groups excluding carboxylic acids is 2. The Hall–Kier alpha value is -1.72. The molecule has 192 valence electrons. The fraction of sp³-hybridized carbons (Fsp3) is 0.870. The van der Waals surface area contributed by atoms with Gasteiger partial charge in [0.25, 0.3) is 0 Å². The minimum atomic E-state index is -1.38. The van der Waals surface area contributed by atoms with Crippen LogP contribution in [0.1, 0.15) is 78.1 Å². The number of esters is 1. The van der Waals surface area contributed by atoms with E-state index in [1.807, 2.05) is 0 Å². The average Bonchev–Trinajstić information content (AvgIpc) is 3.22. The van der Waals surface area contributed by atoms with Crippen molar-refractivity contribution in [2.75, 3.05) is 6.61 Å². The number of nitrogens with two attached hydrogens (primary N) is 1. The third-order valence-electron chi connectivity index (χ3n) is 7.83. The lowest BCUT2D eigenvalue weighted by molar-refractivity contribution is -0.152. The number of aliphatic carboxylic acids is 1. The summed E-state index contributed by atoms with van der Waals surface area (Å²) in [5.74, 6) is -2.00. The summed E-state index contributed by atoms with van der Waals surface area (Å²) in [7, 11) is 0. The second kappa shape index (κ2) is 11.8. The molecule has 3 aliphatic rings. The smallest absolute Gasteiger partial charge is 0.326 e. The Bertz CT molecular complexity index is 764. The van der Waals surface area contributed by atoms with Crippen molar-refractivity contribution < 1.29 is 24.2 Å². The molecule has 2 saturated carbocycles. The Morgan fingerprint density at radius 3 is 2.44 bits per heavy atom. The molecule has 11 heteroatoms. The van der Waals surface area contributed by atoms with Crippen LogP contribution < -0.4 is 11.1 Å². The number of rotatable bonds is 10. The van der Waals surface area contributed by atoms with E-state index in [9.17, 15) is 24.4 Å². The highest BCUT2D eigenvalue weighted by molar-refractivity contribution is 7.99. The summed E-state index contributed by atoms with van der Waals surface area (Å²) in [6.07, 6.45) is 8.57. The quantitative estimate of drug-likeness (QED) is 0.179. The van der Waals surface area contributed by atoms with E-state index in [0.717, 1.165) is 57.8 Å². The summed E-state index contributed by atoms with van der Waals surface area (Å²) in [5, 5.41) is 12.9. The van der Waals surface area contributed by atoms with Gasteiger partial charge in [-0.05, 0) is 57.8 Å². The van der Waals surface area contributed by atoms with Crippen LogP contribution in [0.5, 0.6) is 0 Å². The van der Waals surface area contributed by atoms with Crippen LogP contribution in [0.15, 0.2) is 4.58 Å². The minimum absolute atomic E-state index is 0.111. The van der Waals surface area contributed by atoms with E-state index in [-0.39, 0.29) is 30.4 Å². The molecular weight excluding hydrogens is 460 g/mol. The molecule has 1 saturated heterocycles. The number of nitrogens with zero attached hydrogens (tertiary/aromatic N) is 2. The topological polar surface area (TPSA) is 151 Å². The Labute approximate surface area is 205 Å². The number of carboxylic acid groups (broad SMARTS) is 1. The number of carboxylic acids is 1. The molecule has 1 heterocycles. The van der Waals surface area contributed by atoms with Crippen LogP contribution in [0.3, 0.4) is 0 Å². The lowest BCUT2D eigenvalue weighted by Gasteiger charge is -2.42. The molecule has 1 amide bonds. The Morgan fingerprint density at radius 1 is 1.18 bits per heavy atom. The molecule has 0 radical (unpaired) electrons. The monoisotopic (exact) mass is 498 g/mol. The van der Waals surface area contributed by atoms with Crippen LogP contribution in [0, 0.1) is 16.7 Å². The molecule has 10 nitrogen and oxygen atoms in total. The first-order valence-corrected chi connectivity index (χ1v) is 13.3. The molecule has 0 bridgehead atoms. The van der Waals surface area contributed by atoms with Crippen LogP contribution in [0.25, 0.3) is 0 Å². The molecule has 0 aromatic rings. The van der Waals surface area contributed by atoms with Crippen LogP contribution in [0.4, 0.5) is 0 Å². The molecule has 3 rings (SSSR count). The number of hydrogen-bond acceptors (Lipinski definition) is 9. The number of fused-ring (bicyclic) bond motifs is 1. The van der Waals surface area contributed by atoms with E-state index in [1.165, 1.54) is 4.90 Å². The number of hydrogen-bond donors (Lipinski definition) is 3. The molecule has 6 unspecified atom stereocenters. The van der Waals surface area contributed by atoms with Gasteiger partial charge in [-0.15, -0.1) is 4.91 Å². The minimum Gasteiger partial charge on any atom is -0.480 e. The van der Waals surface area contributed by atoms with Crippen molar-refractivity contribution in [3.05, 3.63) is 4.91 Å². The lowest BCUT2D eigenvalue weighted by atomic mass is 9.80. The third kappa shape index (κ3) is 5.57. The molecular formula is C23H38N4O6S. The number of carbonyl (C=O) groups is 3. The molecule has 6 atom stereocenters. The summed E-state index contributed by atoms with van der Waals surface area (Å²) in [6, 6.07) is -3.03. The maximum atomic E-state index is 13.6. The second-order valence-corrected chi connectivity index (χ2v) is 10.9. The van der Waals surface area contributed by atoms with Gasteiger partial charge in [-0.3, -0.25) is 14.9 Å². The zero-order valence-electron chi connectivity index (χ0n) is 20.1. The molecule has 0 aromatic carbocycles. The largest absolute Gasteiger partial charge is 0.480 e. The van der Waals surface area contributed by atoms with Crippen molar-refractivity contribution in [3.8, 4) is 0 Å². The highest BCUT2D eigenvalue weighted by atomic mass is 32.2. The van der Waals surface area contributed by atoms with Crippen LogP contribution in [-0.4, -0.2) is 63.5 Å². The van der Waals surface area contributed by atoms with Crippen LogP contribution in [-0.2, 0) is 19.1 Å². The first kappa shape index (κ1) is 26.9. The zero-order valence-corrected chi connectivity index (χ0v) is 20.9. The highest BCUT2D eigenvalue weighted by Gasteiger charge is 2.52. The number of likely N-dealkylation sites (tertiary alicyclic amines) is 1. The number of nitrogens with one attached hydrogen (secondary N) is 1. The van der Waals surface area contributed by atoms with Gasteiger partial charge in [0.15, 0.2) is 0 Å². The normalized spacial score (nSPS) is 28.9. The van der Waals surface area contributed by atoms with Crippen molar-refractivity contribution >= 4 is 29.8 Å². The summed E-state index contributed by atoms with van der Waals surface area (Å²) in [6.45, 7) is 3.42. The maximum Gasteiger partial charge on any atom is 0.326 e. The van der Waals surface area contributed by atoms with Crippen molar-refractivity contribution in [3.63, 3.8) is 0 Å². The molecule has 0 spiro atoms. The summed E-state index contributed by atoms with van der Waals surface area (Å²) in [4.78, 5) is 50.1. The first-order valence-electron chi connectivity index (χ1n) is 12.5. The van der Waals surface area contributed by atoms with Gasteiger partial charge >= 0.3 is 11.9 Å². The van der Waals surface area contributed by atoms with E-state index in [1.54, 1.807) is 13.8 Å². The molecule has 3 fully saturated rings. The maximum absolute atomic E-state index is 13.6. The average molecular weight is 499 g/mol. The fourth-order valence-corrected chi connectivity index (χ4v) is 6.92. The van der Waals surface area contributed by atoms with E-state index < -0.39 is 34.9 Å². The molecule has 0 aromatic heterocycles. The van der Waals surface area contributed by atoms with Gasteiger partial charge in [0.05, 0.1) is 12.6 Å². The molecule has 2 aliphatic carbocycles. The van der Waals surface area contributed by atoms with Crippen molar-refractivity contribution in [1.29, 1.82) is 0 Å². The first-order chi connectivity index (χ1) is 16.2. The van der Waals surface area contributed by atoms with Crippen LogP contribution >= 0.6 is 11.9 Å². The summed E-state index contributed by atoms with van der Waals surface area (Å²) in [5.41, 5.74) is 6.73. The van der Waals surface area contributed by atoms with E-state index >= 15 is 0 Å².